The number of nitrogens with one attached hydrogen (secondary N) is 4. The number of hydrogen-bond acceptors (Lipinski definition) is 9. The highest BCUT2D eigenvalue weighted by atomic mass is 16.3. The van der Waals surface area contributed by atoms with Crippen molar-refractivity contribution >= 4 is 34.1 Å². The van der Waals surface area contributed by atoms with E-state index < -0.39 is 17.5 Å². The summed E-state index contributed by atoms with van der Waals surface area (Å²) in [7, 11) is 0. The first-order valence-electron chi connectivity index (χ1n) is 13.6. The third-order valence-electron chi connectivity index (χ3n) is 7.88. The molecular weight excluding hydrogens is 540 g/mol. The Bertz CT molecular complexity index is 1950. The third kappa shape index (κ3) is 4.66. The average molecular weight is 567 g/mol. The number of amides is 2. The van der Waals surface area contributed by atoms with Gasteiger partial charge in [0.15, 0.2) is 17.1 Å². The molecule has 1 aromatic carbocycles. The molecule has 5 aromatic rings. The maximum absolute atomic E-state index is 13.6. The summed E-state index contributed by atoms with van der Waals surface area (Å²) in [5.41, 5.74) is 2.80. The summed E-state index contributed by atoms with van der Waals surface area (Å²) in [6, 6.07) is 6.70. The van der Waals surface area contributed by atoms with E-state index in [1.165, 1.54) is 16.7 Å². The number of carbonyl (C=O) groups is 2. The molecule has 3 atom stereocenters. The molecule has 7 rings (SSSR count). The summed E-state index contributed by atoms with van der Waals surface area (Å²) < 4.78 is 6.69. The van der Waals surface area contributed by atoms with Crippen LogP contribution < -0.4 is 16.3 Å². The Morgan fingerprint density at radius 2 is 2.07 bits per heavy atom. The topological polar surface area (TPSA) is 189 Å². The number of oxazole rings is 1. The molecule has 1 fully saturated rings. The average Bonchev–Trinajstić information content (AvgIpc) is 3.77. The number of aryl methyl sites for hydroxylation is 1. The lowest BCUT2D eigenvalue weighted by Crippen LogP contribution is -2.40. The Kier molecular flexibility index (Phi) is 6.22. The molecule has 212 valence electrons. The standard InChI is InChI=1S/C28H26N10O4/c1-14-31-20-9-15(5-8-23(20)42-14)12-29-26(39)21-11-22(38-24(32-21)13-30-28(38)41)27(40)33-19-7-6-16-10-17(3-2-4-18(16)19)25-34-36-37-35-25/h2-3,5,8-11,13,16,18-19H,4,6-7,12H2,1H3,(H,29,39)(H,30,41)(H,33,40)(H,34,35,36,37)/t16?,18?,19-/m0/s1. The third-order valence-corrected chi connectivity index (χ3v) is 7.88. The van der Waals surface area contributed by atoms with Crippen LogP contribution in [0.4, 0.5) is 0 Å². The number of imidazole rings is 1. The molecule has 14 nitrogen and oxygen atoms in total. The quantitative estimate of drug-likeness (QED) is 0.238. The Morgan fingerprint density at radius 1 is 1.17 bits per heavy atom. The summed E-state index contributed by atoms with van der Waals surface area (Å²) in [6.45, 7) is 1.99. The van der Waals surface area contributed by atoms with E-state index in [1.54, 1.807) is 13.0 Å². The monoisotopic (exact) mass is 566 g/mol. The van der Waals surface area contributed by atoms with Gasteiger partial charge in [-0.25, -0.2) is 19.2 Å². The number of aromatic amines is 2. The van der Waals surface area contributed by atoms with Gasteiger partial charge in [0.1, 0.15) is 16.9 Å². The Balaban J connectivity index is 1.10. The lowest BCUT2D eigenvalue weighted by molar-refractivity contribution is 0.0919. The van der Waals surface area contributed by atoms with Crippen LogP contribution in [-0.4, -0.2) is 57.8 Å². The number of carbonyl (C=O) groups excluding carboxylic acids is 2. The van der Waals surface area contributed by atoms with Crippen LogP contribution in [0.25, 0.3) is 22.3 Å². The van der Waals surface area contributed by atoms with E-state index in [2.05, 4.69) is 58.4 Å². The SMILES string of the molecule is Cc1nc2cc(CNC(=O)c3cc(C(=O)N[C@H]4CCC5C=C(c6nn[nH]n6)C=CCC54)n4c(=O)[nH]cc4n3)ccc2o1. The van der Waals surface area contributed by atoms with E-state index in [-0.39, 0.29) is 41.5 Å². The molecule has 2 aliphatic rings. The Morgan fingerprint density at radius 3 is 2.93 bits per heavy atom. The number of aromatic nitrogens is 8. The van der Waals surface area contributed by atoms with Crippen molar-refractivity contribution in [2.45, 2.75) is 38.8 Å². The molecule has 0 bridgehead atoms. The fourth-order valence-electron chi connectivity index (χ4n) is 5.92. The fourth-order valence-corrected chi connectivity index (χ4v) is 5.92. The van der Waals surface area contributed by atoms with Crippen molar-refractivity contribution in [1.29, 1.82) is 0 Å². The molecule has 4 N–H and O–H groups in total. The largest absolute Gasteiger partial charge is 0.441 e. The van der Waals surface area contributed by atoms with E-state index in [0.717, 1.165) is 30.4 Å². The first-order valence-corrected chi connectivity index (χ1v) is 13.6. The minimum absolute atomic E-state index is 0.0203. The van der Waals surface area contributed by atoms with Gasteiger partial charge in [-0.2, -0.15) is 5.21 Å². The van der Waals surface area contributed by atoms with Gasteiger partial charge in [-0.3, -0.25) is 9.59 Å². The molecule has 0 saturated heterocycles. The highest BCUT2D eigenvalue weighted by Crippen LogP contribution is 2.39. The van der Waals surface area contributed by atoms with Crippen LogP contribution in [-0.2, 0) is 6.54 Å². The van der Waals surface area contributed by atoms with Gasteiger partial charge >= 0.3 is 5.69 Å². The number of benzene rings is 1. The number of tetrazole rings is 1. The zero-order chi connectivity index (χ0) is 28.8. The number of nitrogens with zero attached hydrogens (tertiary/aromatic N) is 6. The molecule has 0 radical (unpaired) electrons. The normalized spacial score (nSPS) is 19.9. The lowest BCUT2D eigenvalue weighted by Gasteiger charge is -2.23. The van der Waals surface area contributed by atoms with E-state index in [9.17, 15) is 14.4 Å². The molecule has 2 amide bonds. The molecule has 1 saturated carbocycles. The van der Waals surface area contributed by atoms with Crippen molar-refractivity contribution in [3.8, 4) is 0 Å². The van der Waals surface area contributed by atoms with Gasteiger partial charge < -0.3 is 20.0 Å². The molecule has 0 spiro atoms. The summed E-state index contributed by atoms with van der Waals surface area (Å²) >= 11 is 0. The smallest absolute Gasteiger partial charge is 0.332 e. The predicted molar refractivity (Wildman–Crippen MR) is 149 cm³/mol. The van der Waals surface area contributed by atoms with Gasteiger partial charge in [-0.15, -0.1) is 10.2 Å². The van der Waals surface area contributed by atoms with E-state index in [4.69, 9.17) is 4.42 Å². The molecule has 14 heteroatoms. The summed E-state index contributed by atoms with van der Waals surface area (Å²) in [5.74, 6) is 0.531. The molecule has 0 aliphatic heterocycles. The number of allylic oxidation sites excluding steroid dienone is 4. The number of hydrogen-bond donors (Lipinski definition) is 4. The fraction of sp³-hybridized carbons (Fsp3) is 0.286. The Hall–Kier alpha value is -5.40. The van der Waals surface area contributed by atoms with Gasteiger partial charge in [-0.1, -0.05) is 24.3 Å². The molecule has 4 heterocycles. The van der Waals surface area contributed by atoms with Crippen molar-refractivity contribution in [2.24, 2.45) is 11.8 Å². The number of fused-ring (bicyclic) bond motifs is 3. The second kappa shape index (κ2) is 10.2. The van der Waals surface area contributed by atoms with Gasteiger partial charge in [0.2, 0.25) is 5.82 Å². The van der Waals surface area contributed by atoms with Crippen molar-refractivity contribution < 1.29 is 14.0 Å². The van der Waals surface area contributed by atoms with Crippen LogP contribution in [0.2, 0.25) is 0 Å². The van der Waals surface area contributed by atoms with E-state index >= 15 is 0 Å². The highest BCUT2D eigenvalue weighted by Gasteiger charge is 2.37. The minimum Gasteiger partial charge on any atom is -0.441 e. The minimum atomic E-state index is -0.514. The number of rotatable bonds is 6. The van der Waals surface area contributed by atoms with Crippen LogP contribution in [0.15, 0.2) is 57.9 Å². The molecule has 4 aromatic heterocycles. The van der Waals surface area contributed by atoms with Crippen molar-refractivity contribution in [3.05, 3.63) is 87.8 Å². The second-order valence-corrected chi connectivity index (χ2v) is 10.5. The zero-order valence-corrected chi connectivity index (χ0v) is 22.5. The molecule has 42 heavy (non-hydrogen) atoms. The van der Waals surface area contributed by atoms with Gasteiger partial charge in [0.05, 0.1) is 0 Å². The van der Waals surface area contributed by atoms with Crippen LogP contribution >= 0.6 is 0 Å². The van der Waals surface area contributed by atoms with Crippen LogP contribution in [0.3, 0.4) is 0 Å². The number of H-pyrrole nitrogens is 2. The van der Waals surface area contributed by atoms with Crippen LogP contribution in [0.5, 0.6) is 0 Å². The van der Waals surface area contributed by atoms with Crippen LogP contribution in [0.1, 0.15) is 57.5 Å². The van der Waals surface area contributed by atoms with Crippen LogP contribution in [0, 0.1) is 18.8 Å². The second-order valence-electron chi connectivity index (χ2n) is 10.5. The van der Waals surface area contributed by atoms with Crippen molar-refractivity contribution in [2.75, 3.05) is 0 Å². The maximum atomic E-state index is 13.6. The lowest BCUT2D eigenvalue weighted by atomic mass is 9.90. The van der Waals surface area contributed by atoms with Gasteiger partial charge in [-0.05, 0) is 60.1 Å². The van der Waals surface area contributed by atoms with Crippen molar-refractivity contribution in [1.82, 2.24) is 50.6 Å². The summed E-state index contributed by atoms with van der Waals surface area (Å²) in [6.07, 6.45) is 9.95. The molecule has 2 unspecified atom stereocenters. The summed E-state index contributed by atoms with van der Waals surface area (Å²) in [4.78, 5) is 50.6. The molecular formula is C28H26N10O4. The van der Waals surface area contributed by atoms with E-state index in [1.807, 2.05) is 18.2 Å². The predicted octanol–water partition coefficient (Wildman–Crippen LogP) is 2.08. The zero-order valence-electron chi connectivity index (χ0n) is 22.5. The van der Waals surface area contributed by atoms with Crippen molar-refractivity contribution in [3.63, 3.8) is 0 Å². The molecule has 2 aliphatic carbocycles. The summed E-state index contributed by atoms with van der Waals surface area (Å²) in [5, 5.41) is 20.3. The maximum Gasteiger partial charge on any atom is 0.332 e. The van der Waals surface area contributed by atoms with Gasteiger partial charge in [0.25, 0.3) is 11.8 Å². The Labute approximate surface area is 237 Å². The highest BCUT2D eigenvalue weighted by molar-refractivity contribution is 5.98. The first kappa shape index (κ1) is 25.6. The van der Waals surface area contributed by atoms with Gasteiger partial charge in [0, 0.05) is 31.3 Å². The van der Waals surface area contributed by atoms with E-state index in [0.29, 0.717) is 22.8 Å². The first-order chi connectivity index (χ1) is 20.4.